The molecule has 0 amide bonds. The topological polar surface area (TPSA) is 277 Å². The molecule has 0 heterocycles. The van der Waals surface area contributed by atoms with E-state index in [9.17, 15) is 0 Å². The fourth-order valence-electron chi connectivity index (χ4n) is 13.3. The van der Waals surface area contributed by atoms with Gasteiger partial charge in [0.1, 0.15) is 11.5 Å². The van der Waals surface area contributed by atoms with Gasteiger partial charge in [-0.25, -0.2) is 0 Å². The number of ether oxygens (including phenoxy) is 30. The molecule has 758 valence electrons. The maximum atomic E-state index is 6.53. The molecule has 0 fully saturated rings. The minimum absolute atomic E-state index is 0.0619. The normalized spacial score (nSPS) is 11.8. The second-order valence-corrected chi connectivity index (χ2v) is 32.0. The monoisotopic (exact) mass is 1910 g/mol. The van der Waals surface area contributed by atoms with Crippen molar-refractivity contribution >= 4 is 21.5 Å². The summed E-state index contributed by atoms with van der Waals surface area (Å²) in [5.74, 6) is 14.8. The van der Waals surface area contributed by atoms with Crippen LogP contribution in [0.15, 0.2) is 146 Å². The van der Waals surface area contributed by atoms with Crippen LogP contribution in [0.5, 0.6) is 11.5 Å². The van der Waals surface area contributed by atoms with Gasteiger partial charge in [0, 0.05) is 115 Å². The van der Waals surface area contributed by atoms with E-state index in [0.29, 0.717) is 342 Å². The highest BCUT2D eigenvalue weighted by molar-refractivity contribution is 6.03. The van der Waals surface area contributed by atoms with E-state index in [4.69, 9.17) is 142 Å². The average Bonchev–Trinajstić information content (AvgIpc) is 0.774. The number of benzene rings is 7. The van der Waals surface area contributed by atoms with Gasteiger partial charge in [-0.15, -0.1) is 0 Å². The lowest BCUT2D eigenvalue weighted by Crippen LogP contribution is -2.30. The van der Waals surface area contributed by atoms with E-state index >= 15 is 0 Å². The van der Waals surface area contributed by atoms with Crippen LogP contribution in [0.4, 0.5) is 0 Å². The van der Waals surface area contributed by atoms with Crippen molar-refractivity contribution in [2.75, 3.05) is 387 Å². The zero-order valence-electron chi connectivity index (χ0n) is 81.9. The van der Waals surface area contributed by atoms with Crippen molar-refractivity contribution in [1.82, 2.24) is 0 Å². The largest absolute Gasteiger partial charge is 0.493 e. The van der Waals surface area contributed by atoms with Gasteiger partial charge >= 0.3 is 0 Å². The number of fused-ring (bicyclic) bond motifs is 2. The van der Waals surface area contributed by atoms with Gasteiger partial charge in [0.2, 0.25) is 0 Å². The van der Waals surface area contributed by atoms with E-state index in [2.05, 4.69) is 145 Å². The Bertz CT molecular complexity index is 3720. The van der Waals surface area contributed by atoms with Crippen LogP contribution in [0, 0.1) is 59.2 Å². The third-order valence-electron chi connectivity index (χ3n) is 20.8. The Hall–Kier alpha value is -7.34. The number of hydrogen-bond donors (Lipinski definition) is 0. The van der Waals surface area contributed by atoms with Crippen molar-refractivity contribution in [1.29, 1.82) is 0 Å². The minimum atomic E-state index is -0.152. The molecule has 0 unspecified atom stereocenters. The van der Waals surface area contributed by atoms with Gasteiger partial charge in [-0.2, -0.15) is 0 Å². The first-order chi connectivity index (χ1) is 67.3. The van der Waals surface area contributed by atoms with Crippen LogP contribution in [-0.4, -0.2) is 387 Å². The summed E-state index contributed by atoms with van der Waals surface area (Å²) in [6, 6.07) is 49.9. The van der Waals surface area contributed by atoms with Crippen molar-refractivity contribution in [2.45, 2.75) is 0 Å². The van der Waals surface area contributed by atoms with Crippen LogP contribution >= 0.6 is 0 Å². The van der Waals surface area contributed by atoms with Crippen LogP contribution in [0.25, 0.3) is 43.8 Å². The van der Waals surface area contributed by atoms with Crippen molar-refractivity contribution < 1.29 is 142 Å². The summed E-state index contributed by atoms with van der Waals surface area (Å²) in [5.41, 5.74) is 7.78. The van der Waals surface area contributed by atoms with Gasteiger partial charge in [-0.3, -0.25) is 0 Å². The van der Waals surface area contributed by atoms with E-state index in [1.54, 1.807) is 56.9 Å². The molecule has 0 N–H and O–H groups in total. The minimum Gasteiger partial charge on any atom is -0.493 e. The molecule has 7 aromatic rings. The van der Waals surface area contributed by atoms with Crippen LogP contribution in [0.3, 0.4) is 0 Å². The maximum absolute atomic E-state index is 6.53. The quantitative estimate of drug-likeness (QED) is 0.0194. The lowest BCUT2D eigenvalue weighted by atomic mass is 9.97. The van der Waals surface area contributed by atoms with Gasteiger partial charge in [0.25, 0.3) is 0 Å². The molecule has 0 atom stereocenters. The van der Waals surface area contributed by atoms with Crippen molar-refractivity contribution in [3.8, 4) is 57.4 Å². The third kappa shape index (κ3) is 53.9. The Balaban J connectivity index is 0.981. The predicted octanol–water partition coefficient (Wildman–Crippen LogP) is 12.1. The van der Waals surface area contributed by atoms with E-state index in [0.717, 1.165) is 66.1 Å². The standard InChI is InChI=1S/C106H154O30/c1-107-35-43-115-51-59-123-69-89(70-124-60-52-116-44-36-108-2)77-131-81-93(82-132-78-90(71-125-61-53-117-45-37-109-3)72-126-62-54-118-46-38-110-4)85-135-103-31-27-97(28-32-103)95-21-15-87(16-22-95)19-25-99-11-9-13-101-67-102-14-10-12-100(106(102)68-105(99)101)26-20-88-17-23-96(24-18-88)98-29-33-104(34-30-98)136-86-94(83-133-79-91(73-127-63-55-119-47-39-111-5)74-128-64-56-120-48-40-112-6)84-134-80-92(75-129-65-57-121-49-41-113-7)76-130-66-58-122-50-42-114-8/h9-18,21-24,27-34,67-68,89-94H,35-66,69-86H2,1-8H3. The van der Waals surface area contributed by atoms with Crippen LogP contribution in [-0.2, 0) is 133 Å². The van der Waals surface area contributed by atoms with Crippen molar-refractivity contribution in [3.63, 3.8) is 0 Å². The molecular weight excluding hydrogens is 1750 g/mol. The molecule has 0 saturated heterocycles. The highest BCUT2D eigenvalue weighted by atomic mass is 16.6. The van der Waals surface area contributed by atoms with Crippen molar-refractivity contribution in [3.05, 3.63) is 168 Å². The van der Waals surface area contributed by atoms with E-state index in [1.807, 2.05) is 24.3 Å². The summed E-state index contributed by atoms with van der Waals surface area (Å²) in [7, 11) is 13.2. The summed E-state index contributed by atoms with van der Waals surface area (Å²) in [4.78, 5) is 0. The molecule has 0 spiro atoms. The highest BCUT2D eigenvalue weighted by Crippen LogP contribution is 2.30. The number of hydrogen-bond acceptors (Lipinski definition) is 30. The summed E-state index contributed by atoms with van der Waals surface area (Å²) >= 11 is 0. The second kappa shape index (κ2) is 79.3. The first-order valence-electron chi connectivity index (χ1n) is 47.4. The Morgan fingerprint density at radius 1 is 0.176 bits per heavy atom. The molecule has 30 nitrogen and oxygen atoms in total. The third-order valence-corrected chi connectivity index (χ3v) is 20.8. The van der Waals surface area contributed by atoms with Gasteiger partial charge in [-0.05, 0) is 117 Å². The van der Waals surface area contributed by atoms with Gasteiger partial charge in [0.05, 0.1) is 330 Å². The smallest absolute Gasteiger partial charge is 0.119 e. The SMILES string of the molecule is COCCOCCOCC(COCCOCCOC)COCC(COCC(COCCOCCOC)COCCOCCOC)COc1ccc(-c2ccc(C#Cc3cccc4cc5cccc(C#Cc6ccc(-c7ccc(OCC(COCC(COCCOCCOC)COCCOCCOC)COCC(COCCOCCOC)COCCOCCOC)cc7)cc6)c5cc34)cc2)cc1. The molecule has 0 saturated carbocycles. The second-order valence-electron chi connectivity index (χ2n) is 32.0. The Morgan fingerprint density at radius 2 is 0.368 bits per heavy atom. The number of methoxy groups -OCH3 is 8. The molecule has 0 aromatic heterocycles. The summed E-state index contributed by atoms with van der Waals surface area (Å²) in [6.45, 7) is 22.0. The summed E-state index contributed by atoms with van der Waals surface area (Å²) in [5, 5.41) is 4.28. The van der Waals surface area contributed by atoms with E-state index in [-0.39, 0.29) is 35.5 Å². The van der Waals surface area contributed by atoms with Crippen molar-refractivity contribution in [2.24, 2.45) is 35.5 Å². The molecule has 0 bridgehead atoms. The predicted molar refractivity (Wildman–Crippen MR) is 520 cm³/mol. The van der Waals surface area contributed by atoms with Gasteiger partial charge < -0.3 is 142 Å². The Morgan fingerprint density at radius 3 is 0.588 bits per heavy atom. The molecule has 136 heavy (non-hydrogen) atoms. The van der Waals surface area contributed by atoms with E-state index < -0.39 is 0 Å². The molecule has 7 aromatic carbocycles. The lowest BCUT2D eigenvalue weighted by molar-refractivity contribution is -0.0554. The molecule has 7 rings (SSSR count). The first kappa shape index (κ1) is 116. The zero-order chi connectivity index (χ0) is 95.9. The maximum Gasteiger partial charge on any atom is 0.119 e. The Kier molecular flexibility index (Phi) is 67.5. The zero-order valence-corrected chi connectivity index (χ0v) is 81.9. The highest BCUT2D eigenvalue weighted by Gasteiger charge is 2.22. The first-order valence-corrected chi connectivity index (χ1v) is 47.4. The average molecular weight is 1910 g/mol. The fraction of sp³-hybridized carbons (Fsp3) is 0.604. The molecule has 0 radical (unpaired) electrons. The van der Waals surface area contributed by atoms with Gasteiger partial charge in [-0.1, -0.05) is 96.5 Å². The van der Waals surface area contributed by atoms with Gasteiger partial charge in [0.15, 0.2) is 0 Å². The number of rotatable bonds is 88. The van der Waals surface area contributed by atoms with Crippen LogP contribution in [0.2, 0.25) is 0 Å². The summed E-state index contributed by atoms with van der Waals surface area (Å²) in [6.07, 6.45) is 0. The van der Waals surface area contributed by atoms with Crippen LogP contribution in [0.1, 0.15) is 22.3 Å². The molecule has 30 heteroatoms. The lowest BCUT2D eigenvalue weighted by Gasteiger charge is -2.23. The molecule has 0 aliphatic heterocycles. The molecule has 0 aliphatic rings. The fourth-order valence-corrected chi connectivity index (χ4v) is 13.3. The van der Waals surface area contributed by atoms with E-state index in [1.165, 1.54) is 0 Å². The molecular formula is C106H154O30. The molecule has 0 aliphatic carbocycles. The summed E-state index contributed by atoms with van der Waals surface area (Å²) < 4.78 is 173. The Labute approximate surface area is 807 Å². The van der Waals surface area contributed by atoms with Crippen LogP contribution < -0.4 is 9.47 Å².